The van der Waals surface area contributed by atoms with Crippen molar-refractivity contribution in [3.63, 3.8) is 0 Å². The molecule has 2 N–H and O–H groups in total. The zero-order chi connectivity index (χ0) is 21.7. The van der Waals surface area contributed by atoms with Crippen molar-refractivity contribution in [2.75, 3.05) is 16.7 Å². The van der Waals surface area contributed by atoms with Crippen LogP contribution in [0.25, 0.3) is 0 Å². The Morgan fingerprint density at radius 3 is 2.13 bits per heavy atom. The molecule has 0 saturated carbocycles. The molecule has 6 nitrogen and oxygen atoms in total. The number of anilines is 2. The first-order valence-electron chi connectivity index (χ1n) is 8.79. The molecule has 1 amide bonds. The third-order valence-electron chi connectivity index (χ3n) is 4.22. The minimum atomic E-state index is -3.72. The Kier molecular flexibility index (Phi) is 6.43. The molecule has 0 aromatic heterocycles. The molecule has 0 aliphatic carbocycles. The number of nitrogens with zero attached hydrogens (tertiary/aromatic N) is 1. The summed E-state index contributed by atoms with van der Waals surface area (Å²) in [5.74, 6) is -0.934. The molecule has 3 rings (SSSR count). The van der Waals surface area contributed by atoms with Crippen LogP contribution >= 0.6 is 12.2 Å². The maximum atomic E-state index is 12.9. The summed E-state index contributed by atoms with van der Waals surface area (Å²) in [7, 11) is -2.24. The van der Waals surface area contributed by atoms with E-state index in [0.29, 0.717) is 11.4 Å². The van der Waals surface area contributed by atoms with Crippen molar-refractivity contribution >= 4 is 44.6 Å². The first kappa shape index (κ1) is 21.4. The van der Waals surface area contributed by atoms with Gasteiger partial charge in [-0.05, 0) is 72.9 Å². The van der Waals surface area contributed by atoms with Crippen molar-refractivity contribution in [1.82, 2.24) is 5.32 Å². The molecule has 0 aliphatic heterocycles. The van der Waals surface area contributed by atoms with Crippen molar-refractivity contribution in [1.29, 1.82) is 0 Å². The molecule has 0 aliphatic rings. The second-order valence-electron chi connectivity index (χ2n) is 6.25. The van der Waals surface area contributed by atoms with Gasteiger partial charge in [0.25, 0.3) is 15.9 Å². The predicted molar refractivity (Wildman–Crippen MR) is 119 cm³/mol. The standard InChI is InChI=1S/C21H18FN3O3S2/c1-25(18-5-3-2-4-6-18)30(27,28)19-13-11-17(12-14-19)23-21(29)24-20(26)15-7-9-16(22)10-8-15/h2-14H,1H3,(H2,23,24,26,29). The van der Waals surface area contributed by atoms with Gasteiger partial charge in [0, 0.05) is 18.3 Å². The first-order chi connectivity index (χ1) is 14.3. The lowest BCUT2D eigenvalue weighted by molar-refractivity contribution is 0.0977. The van der Waals surface area contributed by atoms with E-state index in [1.165, 1.54) is 47.8 Å². The van der Waals surface area contributed by atoms with Crippen LogP contribution in [-0.2, 0) is 10.0 Å². The number of carbonyl (C=O) groups excluding carboxylic acids is 1. The summed E-state index contributed by atoms with van der Waals surface area (Å²) in [4.78, 5) is 12.2. The highest BCUT2D eigenvalue weighted by Gasteiger charge is 2.21. The van der Waals surface area contributed by atoms with E-state index in [1.54, 1.807) is 36.4 Å². The van der Waals surface area contributed by atoms with E-state index in [1.807, 2.05) is 6.07 Å². The zero-order valence-electron chi connectivity index (χ0n) is 15.9. The molecule has 0 unspecified atom stereocenters. The number of rotatable bonds is 5. The molecule has 30 heavy (non-hydrogen) atoms. The van der Waals surface area contributed by atoms with Gasteiger partial charge in [0.05, 0.1) is 10.6 Å². The largest absolute Gasteiger partial charge is 0.332 e. The summed E-state index contributed by atoms with van der Waals surface area (Å²) in [6.07, 6.45) is 0. The van der Waals surface area contributed by atoms with Gasteiger partial charge >= 0.3 is 0 Å². The van der Waals surface area contributed by atoms with Crippen LogP contribution in [0.15, 0.2) is 83.8 Å². The van der Waals surface area contributed by atoms with Gasteiger partial charge in [0.1, 0.15) is 5.82 Å². The second-order valence-corrected chi connectivity index (χ2v) is 8.63. The molecule has 0 heterocycles. The molecule has 0 atom stereocenters. The molecular formula is C21H18FN3O3S2. The quantitative estimate of drug-likeness (QED) is 0.587. The number of para-hydroxylation sites is 1. The van der Waals surface area contributed by atoms with Crippen LogP contribution in [0.4, 0.5) is 15.8 Å². The lowest BCUT2D eigenvalue weighted by atomic mass is 10.2. The molecule has 0 saturated heterocycles. The summed E-state index contributed by atoms with van der Waals surface area (Å²) in [6, 6.07) is 19.8. The fourth-order valence-corrected chi connectivity index (χ4v) is 3.99. The molecule has 154 valence electrons. The summed E-state index contributed by atoms with van der Waals surface area (Å²) < 4.78 is 39.7. The van der Waals surface area contributed by atoms with Crippen molar-refractivity contribution < 1.29 is 17.6 Å². The van der Waals surface area contributed by atoms with Crippen molar-refractivity contribution in [3.05, 3.63) is 90.2 Å². The topological polar surface area (TPSA) is 78.5 Å². The van der Waals surface area contributed by atoms with E-state index in [4.69, 9.17) is 12.2 Å². The number of halogens is 1. The monoisotopic (exact) mass is 443 g/mol. The smallest absolute Gasteiger partial charge is 0.264 e. The van der Waals surface area contributed by atoms with Gasteiger partial charge in [-0.1, -0.05) is 18.2 Å². The zero-order valence-corrected chi connectivity index (χ0v) is 17.5. The van der Waals surface area contributed by atoms with E-state index >= 15 is 0 Å². The minimum absolute atomic E-state index is 0.0290. The van der Waals surface area contributed by atoms with Gasteiger partial charge in [-0.2, -0.15) is 0 Å². The van der Waals surface area contributed by atoms with Gasteiger partial charge < -0.3 is 5.32 Å². The van der Waals surface area contributed by atoms with Gasteiger partial charge in [-0.3, -0.25) is 14.4 Å². The third kappa shape index (κ3) is 5.00. The summed E-state index contributed by atoms with van der Waals surface area (Å²) in [5.41, 5.74) is 1.30. The summed E-state index contributed by atoms with van der Waals surface area (Å²) in [6.45, 7) is 0. The molecule has 3 aromatic carbocycles. The Morgan fingerprint density at radius 2 is 1.53 bits per heavy atom. The number of hydrogen-bond donors (Lipinski definition) is 2. The van der Waals surface area contributed by atoms with Gasteiger partial charge in [-0.15, -0.1) is 0 Å². The average Bonchev–Trinajstić information content (AvgIpc) is 2.74. The number of nitrogens with one attached hydrogen (secondary N) is 2. The van der Waals surface area contributed by atoms with E-state index < -0.39 is 21.7 Å². The Bertz CT molecular complexity index is 1150. The van der Waals surface area contributed by atoms with Gasteiger partial charge in [-0.25, -0.2) is 12.8 Å². The second kappa shape index (κ2) is 9.02. The number of amides is 1. The number of sulfonamides is 1. The SMILES string of the molecule is CN(c1ccccc1)S(=O)(=O)c1ccc(NC(=S)NC(=O)c2ccc(F)cc2)cc1. The van der Waals surface area contributed by atoms with Crippen molar-refractivity contribution in [3.8, 4) is 0 Å². The van der Waals surface area contributed by atoms with Crippen LogP contribution in [0.1, 0.15) is 10.4 Å². The molecule has 3 aromatic rings. The van der Waals surface area contributed by atoms with Crippen LogP contribution in [0.5, 0.6) is 0 Å². The van der Waals surface area contributed by atoms with Gasteiger partial charge in [0.2, 0.25) is 0 Å². The maximum Gasteiger partial charge on any atom is 0.264 e. The highest BCUT2D eigenvalue weighted by atomic mass is 32.2. The number of thiocarbonyl (C=S) groups is 1. The van der Waals surface area contributed by atoms with Crippen LogP contribution < -0.4 is 14.9 Å². The van der Waals surface area contributed by atoms with E-state index in [-0.39, 0.29) is 15.6 Å². The normalized spacial score (nSPS) is 10.9. The lowest BCUT2D eigenvalue weighted by Gasteiger charge is -2.19. The minimum Gasteiger partial charge on any atom is -0.332 e. The number of carbonyl (C=O) groups is 1. The third-order valence-corrected chi connectivity index (χ3v) is 6.23. The molecule has 9 heteroatoms. The predicted octanol–water partition coefficient (Wildman–Crippen LogP) is 3.78. The van der Waals surface area contributed by atoms with Gasteiger partial charge in [0.15, 0.2) is 5.11 Å². The molecule has 0 spiro atoms. The highest BCUT2D eigenvalue weighted by Crippen LogP contribution is 2.22. The number of hydrogen-bond acceptors (Lipinski definition) is 4. The first-order valence-corrected chi connectivity index (χ1v) is 10.6. The maximum absolute atomic E-state index is 12.9. The van der Waals surface area contributed by atoms with Crippen LogP contribution in [0.3, 0.4) is 0 Å². The van der Waals surface area contributed by atoms with E-state index in [2.05, 4.69) is 10.6 Å². The Balaban J connectivity index is 1.66. The molecule has 0 fully saturated rings. The van der Waals surface area contributed by atoms with Crippen molar-refractivity contribution in [2.45, 2.75) is 4.90 Å². The summed E-state index contributed by atoms with van der Waals surface area (Å²) in [5, 5.41) is 5.32. The van der Waals surface area contributed by atoms with E-state index in [9.17, 15) is 17.6 Å². The highest BCUT2D eigenvalue weighted by molar-refractivity contribution is 7.92. The lowest BCUT2D eigenvalue weighted by Crippen LogP contribution is -2.34. The fraction of sp³-hybridized carbons (Fsp3) is 0.0476. The fourth-order valence-electron chi connectivity index (χ4n) is 2.58. The van der Waals surface area contributed by atoms with E-state index in [0.717, 1.165) is 0 Å². The van der Waals surface area contributed by atoms with Crippen LogP contribution in [0.2, 0.25) is 0 Å². The molecule has 0 radical (unpaired) electrons. The van der Waals surface area contributed by atoms with Crippen LogP contribution in [0, 0.1) is 5.82 Å². The van der Waals surface area contributed by atoms with Crippen LogP contribution in [-0.4, -0.2) is 26.5 Å². The van der Waals surface area contributed by atoms with Crippen molar-refractivity contribution in [2.24, 2.45) is 0 Å². The average molecular weight is 444 g/mol. The summed E-state index contributed by atoms with van der Waals surface area (Å²) >= 11 is 5.11. The molecule has 0 bridgehead atoms. The number of benzene rings is 3. The Labute approximate surface area is 179 Å². The Morgan fingerprint density at radius 1 is 0.933 bits per heavy atom. The molecular weight excluding hydrogens is 425 g/mol. The Hall–Kier alpha value is -3.30.